The molecule has 0 aliphatic heterocycles. The van der Waals surface area contributed by atoms with E-state index in [4.69, 9.17) is 4.74 Å². The van der Waals surface area contributed by atoms with Crippen LogP contribution in [-0.4, -0.2) is 18.1 Å². The van der Waals surface area contributed by atoms with Gasteiger partial charge in [-0.1, -0.05) is 19.9 Å². The second-order valence-corrected chi connectivity index (χ2v) is 4.44. The molecule has 0 radical (unpaired) electrons. The molecular formula is C15H17NO2. The van der Waals surface area contributed by atoms with Crippen molar-refractivity contribution in [1.82, 2.24) is 4.98 Å². The Hall–Kier alpha value is -1.90. The Labute approximate surface area is 107 Å². The number of esters is 1. The number of aromatic nitrogens is 1. The highest BCUT2D eigenvalue weighted by Gasteiger charge is 2.12. The average Bonchev–Trinajstić information content (AvgIpc) is 2.44. The van der Waals surface area contributed by atoms with Gasteiger partial charge < -0.3 is 4.74 Å². The van der Waals surface area contributed by atoms with Crippen molar-refractivity contribution in [3.05, 3.63) is 41.6 Å². The zero-order chi connectivity index (χ0) is 13.1. The van der Waals surface area contributed by atoms with Crippen molar-refractivity contribution in [3.63, 3.8) is 0 Å². The molecule has 0 N–H and O–H groups in total. The van der Waals surface area contributed by atoms with E-state index in [9.17, 15) is 4.79 Å². The molecular weight excluding hydrogens is 226 g/mol. The van der Waals surface area contributed by atoms with Crippen molar-refractivity contribution in [2.24, 2.45) is 0 Å². The Morgan fingerprint density at radius 1 is 1.39 bits per heavy atom. The second kappa shape index (κ2) is 5.17. The number of rotatable bonds is 3. The standard InChI is InChI=1S/C15H17NO2/c1-4-10(2)11-5-6-14-13(9-11)12(7-8-16-14)15(17)18-3/h5-10H,4H2,1-3H3. The molecule has 0 spiro atoms. The Morgan fingerprint density at radius 3 is 2.83 bits per heavy atom. The SMILES string of the molecule is CCC(C)c1ccc2nccc(C(=O)OC)c2c1. The molecule has 1 aromatic heterocycles. The second-order valence-electron chi connectivity index (χ2n) is 4.44. The molecule has 0 saturated carbocycles. The number of carbonyl (C=O) groups excluding carboxylic acids is 1. The van der Waals surface area contributed by atoms with Gasteiger partial charge in [-0.2, -0.15) is 0 Å². The Kier molecular flexibility index (Phi) is 3.60. The average molecular weight is 243 g/mol. The minimum Gasteiger partial charge on any atom is -0.465 e. The van der Waals surface area contributed by atoms with Crippen LogP contribution < -0.4 is 0 Å². The van der Waals surface area contributed by atoms with E-state index in [1.165, 1.54) is 12.7 Å². The Bertz CT molecular complexity index is 578. The first kappa shape index (κ1) is 12.6. The van der Waals surface area contributed by atoms with Crippen LogP contribution in [0.1, 0.15) is 42.1 Å². The maximum absolute atomic E-state index is 11.7. The molecule has 1 heterocycles. The number of carbonyl (C=O) groups is 1. The summed E-state index contributed by atoms with van der Waals surface area (Å²) < 4.78 is 4.80. The van der Waals surface area contributed by atoms with Gasteiger partial charge in [0.05, 0.1) is 18.2 Å². The maximum Gasteiger partial charge on any atom is 0.338 e. The molecule has 0 bridgehead atoms. The van der Waals surface area contributed by atoms with Crippen LogP contribution in [0.25, 0.3) is 10.9 Å². The molecule has 3 heteroatoms. The topological polar surface area (TPSA) is 39.2 Å². The van der Waals surface area contributed by atoms with Crippen LogP contribution in [0, 0.1) is 0 Å². The molecule has 1 unspecified atom stereocenters. The molecule has 0 saturated heterocycles. The summed E-state index contributed by atoms with van der Waals surface area (Å²) in [6.07, 6.45) is 2.71. The highest BCUT2D eigenvalue weighted by molar-refractivity contribution is 6.03. The van der Waals surface area contributed by atoms with Gasteiger partial charge in [0.2, 0.25) is 0 Å². The van der Waals surface area contributed by atoms with E-state index in [2.05, 4.69) is 24.9 Å². The van der Waals surface area contributed by atoms with E-state index in [1.54, 1.807) is 12.3 Å². The van der Waals surface area contributed by atoms with Crippen molar-refractivity contribution in [2.45, 2.75) is 26.2 Å². The third-order valence-corrected chi connectivity index (χ3v) is 3.35. The van der Waals surface area contributed by atoms with Gasteiger partial charge in [-0.15, -0.1) is 0 Å². The van der Waals surface area contributed by atoms with Crippen molar-refractivity contribution in [2.75, 3.05) is 7.11 Å². The largest absolute Gasteiger partial charge is 0.465 e. The zero-order valence-corrected chi connectivity index (χ0v) is 10.9. The first-order valence-electron chi connectivity index (χ1n) is 6.14. The summed E-state index contributed by atoms with van der Waals surface area (Å²) in [6.45, 7) is 4.33. The number of fused-ring (bicyclic) bond motifs is 1. The first-order valence-corrected chi connectivity index (χ1v) is 6.14. The van der Waals surface area contributed by atoms with Crippen LogP contribution in [0.15, 0.2) is 30.5 Å². The molecule has 94 valence electrons. The summed E-state index contributed by atoms with van der Waals surface area (Å²) in [4.78, 5) is 16.0. The van der Waals surface area contributed by atoms with Crippen LogP contribution in [0.4, 0.5) is 0 Å². The maximum atomic E-state index is 11.7. The number of benzene rings is 1. The van der Waals surface area contributed by atoms with Crippen LogP contribution in [0.5, 0.6) is 0 Å². The molecule has 1 aromatic carbocycles. The predicted molar refractivity (Wildman–Crippen MR) is 71.8 cm³/mol. The summed E-state index contributed by atoms with van der Waals surface area (Å²) in [5.41, 5.74) is 2.63. The van der Waals surface area contributed by atoms with Gasteiger partial charge >= 0.3 is 5.97 Å². The van der Waals surface area contributed by atoms with Crippen molar-refractivity contribution < 1.29 is 9.53 Å². The fourth-order valence-corrected chi connectivity index (χ4v) is 1.99. The highest BCUT2D eigenvalue weighted by atomic mass is 16.5. The summed E-state index contributed by atoms with van der Waals surface area (Å²) in [7, 11) is 1.40. The monoisotopic (exact) mass is 243 g/mol. The molecule has 0 fully saturated rings. The van der Waals surface area contributed by atoms with Gasteiger partial charge in [0.1, 0.15) is 0 Å². The minimum atomic E-state index is -0.316. The van der Waals surface area contributed by atoms with Gasteiger partial charge in [-0.05, 0) is 36.1 Å². The highest BCUT2D eigenvalue weighted by Crippen LogP contribution is 2.25. The van der Waals surface area contributed by atoms with E-state index < -0.39 is 0 Å². The van der Waals surface area contributed by atoms with Crippen LogP contribution in [0.2, 0.25) is 0 Å². The number of ether oxygens (including phenoxy) is 1. The van der Waals surface area contributed by atoms with E-state index in [1.807, 2.05) is 12.1 Å². The Balaban J connectivity index is 2.62. The molecule has 2 aromatic rings. The number of hydrogen-bond donors (Lipinski definition) is 0. The minimum absolute atomic E-state index is 0.316. The fraction of sp³-hybridized carbons (Fsp3) is 0.333. The van der Waals surface area contributed by atoms with Crippen LogP contribution >= 0.6 is 0 Å². The van der Waals surface area contributed by atoms with Crippen molar-refractivity contribution >= 4 is 16.9 Å². The third-order valence-electron chi connectivity index (χ3n) is 3.35. The summed E-state index contributed by atoms with van der Waals surface area (Å²) in [5.74, 6) is 0.156. The number of pyridine rings is 1. The zero-order valence-electron chi connectivity index (χ0n) is 10.9. The smallest absolute Gasteiger partial charge is 0.338 e. The van der Waals surface area contributed by atoms with Gasteiger partial charge in [0, 0.05) is 11.6 Å². The summed E-state index contributed by atoms with van der Waals surface area (Å²) >= 11 is 0. The van der Waals surface area contributed by atoms with Gasteiger partial charge in [-0.25, -0.2) is 4.79 Å². The van der Waals surface area contributed by atoms with Gasteiger partial charge in [-0.3, -0.25) is 4.98 Å². The lowest BCUT2D eigenvalue weighted by Gasteiger charge is -2.11. The number of methoxy groups -OCH3 is 1. The van der Waals surface area contributed by atoms with Crippen LogP contribution in [0.3, 0.4) is 0 Å². The van der Waals surface area contributed by atoms with Gasteiger partial charge in [0.15, 0.2) is 0 Å². The van der Waals surface area contributed by atoms with Gasteiger partial charge in [0.25, 0.3) is 0 Å². The third kappa shape index (κ3) is 2.21. The van der Waals surface area contributed by atoms with E-state index in [-0.39, 0.29) is 5.97 Å². The number of nitrogens with zero attached hydrogens (tertiary/aromatic N) is 1. The van der Waals surface area contributed by atoms with Crippen molar-refractivity contribution in [1.29, 1.82) is 0 Å². The normalized spacial score (nSPS) is 12.4. The first-order chi connectivity index (χ1) is 8.67. The molecule has 2 rings (SSSR count). The Morgan fingerprint density at radius 2 is 2.17 bits per heavy atom. The predicted octanol–water partition coefficient (Wildman–Crippen LogP) is 3.53. The lowest BCUT2D eigenvalue weighted by molar-refractivity contribution is 0.0603. The summed E-state index contributed by atoms with van der Waals surface area (Å²) in [6, 6.07) is 7.78. The summed E-state index contributed by atoms with van der Waals surface area (Å²) in [5, 5.41) is 0.863. The quantitative estimate of drug-likeness (QED) is 0.774. The number of hydrogen-bond acceptors (Lipinski definition) is 3. The lowest BCUT2D eigenvalue weighted by atomic mass is 9.96. The molecule has 0 aliphatic rings. The van der Waals surface area contributed by atoms with E-state index in [0.717, 1.165) is 17.3 Å². The van der Waals surface area contributed by atoms with E-state index >= 15 is 0 Å². The molecule has 0 amide bonds. The molecule has 0 aliphatic carbocycles. The molecule has 1 atom stereocenters. The molecule has 18 heavy (non-hydrogen) atoms. The molecule has 3 nitrogen and oxygen atoms in total. The lowest BCUT2D eigenvalue weighted by Crippen LogP contribution is -2.03. The van der Waals surface area contributed by atoms with E-state index in [0.29, 0.717) is 11.5 Å². The van der Waals surface area contributed by atoms with Crippen LogP contribution in [-0.2, 0) is 4.74 Å². The fourth-order valence-electron chi connectivity index (χ4n) is 1.99. The van der Waals surface area contributed by atoms with Crippen molar-refractivity contribution in [3.8, 4) is 0 Å².